The molecule has 0 saturated carbocycles. The molecular weight excluding hydrogens is 178 g/mol. The van der Waals surface area contributed by atoms with Crippen molar-refractivity contribution in [3.05, 3.63) is 24.3 Å². The Hall–Kier alpha value is -1.00. The molecule has 0 amide bonds. The molecule has 1 N–H and O–H groups in total. The summed E-state index contributed by atoms with van der Waals surface area (Å²) in [6.45, 7) is 3.57. The van der Waals surface area contributed by atoms with Gasteiger partial charge in [0.25, 0.3) is 0 Å². The van der Waals surface area contributed by atoms with Crippen molar-refractivity contribution >= 4 is 0 Å². The molecule has 1 saturated heterocycles. The Morgan fingerprint density at radius 2 is 2.29 bits per heavy atom. The summed E-state index contributed by atoms with van der Waals surface area (Å²) in [6, 6.07) is 1.84. The van der Waals surface area contributed by atoms with Crippen molar-refractivity contribution in [1.29, 1.82) is 0 Å². The van der Waals surface area contributed by atoms with Crippen LogP contribution in [0.25, 0.3) is 0 Å². The highest BCUT2D eigenvalue weighted by Crippen LogP contribution is 2.05. The van der Waals surface area contributed by atoms with E-state index in [0.717, 1.165) is 38.5 Å². The topological polar surface area (TPSA) is 47.0 Å². The van der Waals surface area contributed by atoms with Crippen molar-refractivity contribution in [1.82, 2.24) is 15.3 Å². The lowest BCUT2D eigenvalue weighted by atomic mass is 10.1. The first kappa shape index (κ1) is 9.55. The third kappa shape index (κ3) is 2.75. The van der Waals surface area contributed by atoms with Gasteiger partial charge in [0.2, 0.25) is 0 Å². The second-order valence-electron chi connectivity index (χ2n) is 3.51. The van der Waals surface area contributed by atoms with Crippen molar-refractivity contribution in [2.75, 3.05) is 26.3 Å². The molecule has 1 fully saturated rings. The molecule has 1 atom stereocenters. The van der Waals surface area contributed by atoms with E-state index in [1.54, 1.807) is 12.4 Å². The smallest absolute Gasteiger partial charge is 0.128 e. The zero-order valence-corrected chi connectivity index (χ0v) is 8.15. The van der Waals surface area contributed by atoms with Gasteiger partial charge in [0.1, 0.15) is 5.82 Å². The number of hydrogen-bond acceptors (Lipinski definition) is 4. The Balaban J connectivity index is 1.90. The molecule has 14 heavy (non-hydrogen) atoms. The van der Waals surface area contributed by atoms with E-state index >= 15 is 0 Å². The Bertz CT molecular complexity index is 257. The Kier molecular flexibility index (Phi) is 3.43. The Labute approximate surface area is 83.7 Å². The molecule has 0 radical (unpaired) electrons. The van der Waals surface area contributed by atoms with Crippen LogP contribution in [-0.2, 0) is 11.2 Å². The highest BCUT2D eigenvalue weighted by molar-refractivity contribution is 4.90. The molecule has 2 rings (SSSR count). The van der Waals surface area contributed by atoms with Gasteiger partial charge in [-0.1, -0.05) is 0 Å². The second kappa shape index (κ2) is 5.02. The highest BCUT2D eigenvalue weighted by atomic mass is 16.5. The molecule has 4 nitrogen and oxygen atoms in total. The van der Waals surface area contributed by atoms with Gasteiger partial charge in [0.05, 0.1) is 13.2 Å². The number of rotatable bonds is 2. The van der Waals surface area contributed by atoms with Crippen molar-refractivity contribution in [2.45, 2.75) is 6.42 Å². The summed E-state index contributed by atoms with van der Waals surface area (Å²) in [7, 11) is 0. The molecule has 1 aliphatic rings. The molecule has 0 unspecified atom stereocenters. The van der Waals surface area contributed by atoms with E-state index in [0.29, 0.717) is 5.92 Å². The third-order valence-electron chi connectivity index (χ3n) is 2.30. The highest BCUT2D eigenvalue weighted by Gasteiger charge is 2.13. The van der Waals surface area contributed by atoms with E-state index in [9.17, 15) is 0 Å². The van der Waals surface area contributed by atoms with Crippen LogP contribution in [0.3, 0.4) is 0 Å². The van der Waals surface area contributed by atoms with Crippen LogP contribution in [0.1, 0.15) is 5.82 Å². The van der Waals surface area contributed by atoms with Crippen LogP contribution >= 0.6 is 0 Å². The largest absolute Gasteiger partial charge is 0.380 e. The van der Waals surface area contributed by atoms with E-state index in [2.05, 4.69) is 15.3 Å². The summed E-state index contributed by atoms with van der Waals surface area (Å²) in [5.41, 5.74) is 0. The van der Waals surface area contributed by atoms with Gasteiger partial charge in [-0.05, 0) is 6.07 Å². The third-order valence-corrected chi connectivity index (χ3v) is 2.30. The lowest BCUT2D eigenvalue weighted by Crippen LogP contribution is -2.24. The van der Waals surface area contributed by atoms with E-state index in [-0.39, 0.29) is 0 Å². The maximum Gasteiger partial charge on any atom is 0.128 e. The maximum absolute atomic E-state index is 5.46. The van der Waals surface area contributed by atoms with E-state index in [4.69, 9.17) is 4.74 Å². The molecule has 0 aromatic carbocycles. The molecule has 0 spiro atoms. The molecule has 0 aliphatic carbocycles. The lowest BCUT2D eigenvalue weighted by Gasteiger charge is -2.11. The van der Waals surface area contributed by atoms with E-state index < -0.39 is 0 Å². The Morgan fingerprint density at radius 3 is 3.14 bits per heavy atom. The molecule has 1 aliphatic heterocycles. The minimum absolute atomic E-state index is 0.500. The summed E-state index contributed by atoms with van der Waals surface area (Å²) in [4.78, 5) is 8.42. The monoisotopic (exact) mass is 193 g/mol. The molecule has 4 heteroatoms. The van der Waals surface area contributed by atoms with Crippen LogP contribution < -0.4 is 5.32 Å². The minimum Gasteiger partial charge on any atom is -0.380 e. The number of nitrogens with zero attached hydrogens (tertiary/aromatic N) is 2. The van der Waals surface area contributed by atoms with E-state index in [1.165, 1.54) is 0 Å². The molecule has 2 heterocycles. The SMILES string of the molecule is c1cnc(C[C@H]2CNCCOC2)nc1. The fourth-order valence-corrected chi connectivity index (χ4v) is 1.58. The van der Waals surface area contributed by atoms with Crippen LogP contribution in [0, 0.1) is 5.92 Å². The van der Waals surface area contributed by atoms with Gasteiger partial charge in [0, 0.05) is 37.8 Å². The quantitative estimate of drug-likeness (QED) is 0.731. The average Bonchev–Trinajstić information content (AvgIpc) is 2.48. The second-order valence-corrected chi connectivity index (χ2v) is 3.51. The lowest BCUT2D eigenvalue weighted by molar-refractivity contribution is 0.123. The maximum atomic E-state index is 5.46. The minimum atomic E-state index is 0.500. The van der Waals surface area contributed by atoms with Gasteiger partial charge >= 0.3 is 0 Å². The van der Waals surface area contributed by atoms with Crippen LogP contribution in [0.2, 0.25) is 0 Å². The number of hydrogen-bond donors (Lipinski definition) is 1. The zero-order chi connectivity index (χ0) is 9.64. The predicted octanol–water partition coefficient (Wildman–Crippen LogP) is 0.255. The average molecular weight is 193 g/mol. The number of ether oxygens (including phenoxy) is 1. The molecule has 76 valence electrons. The van der Waals surface area contributed by atoms with Gasteiger partial charge in [-0.2, -0.15) is 0 Å². The molecular formula is C10H15N3O. The van der Waals surface area contributed by atoms with E-state index in [1.807, 2.05) is 6.07 Å². The summed E-state index contributed by atoms with van der Waals surface area (Å²) in [6.07, 6.45) is 4.47. The fraction of sp³-hybridized carbons (Fsp3) is 0.600. The molecule has 1 aromatic rings. The van der Waals surface area contributed by atoms with Crippen LogP contribution in [0.5, 0.6) is 0 Å². The van der Waals surface area contributed by atoms with Crippen molar-refractivity contribution in [3.8, 4) is 0 Å². The fourth-order valence-electron chi connectivity index (χ4n) is 1.58. The van der Waals surface area contributed by atoms with Gasteiger partial charge in [-0.15, -0.1) is 0 Å². The first-order chi connectivity index (χ1) is 6.95. The van der Waals surface area contributed by atoms with Crippen LogP contribution in [0.15, 0.2) is 18.5 Å². The van der Waals surface area contributed by atoms with Gasteiger partial charge in [0.15, 0.2) is 0 Å². The predicted molar refractivity (Wildman–Crippen MR) is 52.9 cm³/mol. The van der Waals surface area contributed by atoms with Crippen molar-refractivity contribution < 1.29 is 4.74 Å². The van der Waals surface area contributed by atoms with Crippen LogP contribution in [-0.4, -0.2) is 36.3 Å². The first-order valence-electron chi connectivity index (χ1n) is 4.99. The molecule has 0 bridgehead atoms. The van der Waals surface area contributed by atoms with Gasteiger partial charge in [-0.25, -0.2) is 9.97 Å². The molecule has 1 aromatic heterocycles. The summed E-state index contributed by atoms with van der Waals surface area (Å²) < 4.78 is 5.46. The summed E-state index contributed by atoms with van der Waals surface area (Å²) in [5, 5.41) is 3.34. The van der Waals surface area contributed by atoms with Crippen molar-refractivity contribution in [3.63, 3.8) is 0 Å². The standard InChI is InChI=1S/C10H15N3O/c1-2-12-10(13-3-1)6-9-7-11-4-5-14-8-9/h1-3,9,11H,4-8H2/t9-/m0/s1. The number of aromatic nitrogens is 2. The summed E-state index contributed by atoms with van der Waals surface area (Å²) >= 11 is 0. The number of nitrogens with one attached hydrogen (secondary N) is 1. The van der Waals surface area contributed by atoms with Gasteiger partial charge in [-0.3, -0.25) is 0 Å². The van der Waals surface area contributed by atoms with Crippen LogP contribution in [0.4, 0.5) is 0 Å². The Morgan fingerprint density at radius 1 is 1.43 bits per heavy atom. The summed E-state index contributed by atoms with van der Waals surface area (Å²) in [5.74, 6) is 1.41. The normalized spacial score (nSPS) is 23.0. The van der Waals surface area contributed by atoms with Gasteiger partial charge < -0.3 is 10.1 Å². The van der Waals surface area contributed by atoms with Crippen molar-refractivity contribution in [2.24, 2.45) is 5.92 Å². The zero-order valence-electron chi connectivity index (χ0n) is 8.15. The first-order valence-corrected chi connectivity index (χ1v) is 4.99.